The summed E-state index contributed by atoms with van der Waals surface area (Å²) >= 11 is 0. The molecule has 2 aliphatic heterocycles. The van der Waals surface area contributed by atoms with Crippen LogP contribution in [0.2, 0.25) is 0 Å². The number of carbonyl (C=O) groups is 2. The number of likely N-dealkylation sites (tertiary alicyclic amines) is 2. The SMILES string of the molecule is COCCN1CC2(CCC1=O)CCN(C(=O)Nc1cccc(C)c1C)CC2. The highest BCUT2D eigenvalue weighted by Crippen LogP contribution is 2.40. The Kier molecular flexibility index (Phi) is 6.05. The van der Waals surface area contributed by atoms with Crippen LogP contribution in [0.15, 0.2) is 18.2 Å². The summed E-state index contributed by atoms with van der Waals surface area (Å²) in [6.45, 7) is 7.59. The van der Waals surface area contributed by atoms with Crippen molar-refractivity contribution in [3.05, 3.63) is 29.3 Å². The average molecular weight is 373 g/mol. The number of piperidine rings is 2. The van der Waals surface area contributed by atoms with Gasteiger partial charge in [-0.1, -0.05) is 12.1 Å². The lowest BCUT2D eigenvalue weighted by molar-refractivity contribution is -0.139. The average Bonchev–Trinajstić information content (AvgIpc) is 2.67. The van der Waals surface area contributed by atoms with E-state index in [0.717, 1.165) is 50.1 Å². The quantitative estimate of drug-likeness (QED) is 0.882. The number of ether oxygens (including phenoxy) is 1. The fourth-order valence-corrected chi connectivity index (χ4v) is 4.18. The van der Waals surface area contributed by atoms with E-state index in [1.54, 1.807) is 7.11 Å². The predicted molar refractivity (Wildman–Crippen MR) is 106 cm³/mol. The lowest BCUT2D eigenvalue weighted by Gasteiger charge is -2.47. The second kappa shape index (κ2) is 8.30. The Balaban J connectivity index is 1.57. The van der Waals surface area contributed by atoms with Crippen molar-refractivity contribution in [2.75, 3.05) is 45.2 Å². The van der Waals surface area contributed by atoms with E-state index in [1.807, 2.05) is 28.9 Å². The number of methoxy groups -OCH3 is 1. The third-order valence-electron chi connectivity index (χ3n) is 6.27. The minimum Gasteiger partial charge on any atom is -0.383 e. The molecule has 1 spiro atoms. The molecule has 3 amide bonds. The zero-order valence-electron chi connectivity index (χ0n) is 16.7. The number of carbonyl (C=O) groups excluding carboxylic acids is 2. The Morgan fingerprint density at radius 2 is 1.96 bits per heavy atom. The van der Waals surface area contributed by atoms with Crippen LogP contribution in [0.3, 0.4) is 0 Å². The monoisotopic (exact) mass is 373 g/mol. The van der Waals surface area contributed by atoms with E-state index in [4.69, 9.17) is 4.74 Å². The number of hydrogen-bond donors (Lipinski definition) is 1. The van der Waals surface area contributed by atoms with Crippen molar-refractivity contribution in [3.63, 3.8) is 0 Å². The molecule has 1 N–H and O–H groups in total. The highest BCUT2D eigenvalue weighted by molar-refractivity contribution is 5.90. The van der Waals surface area contributed by atoms with E-state index in [9.17, 15) is 9.59 Å². The van der Waals surface area contributed by atoms with E-state index < -0.39 is 0 Å². The molecule has 148 valence electrons. The molecular formula is C21H31N3O3. The van der Waals surface area contributed by atoms with Crippen LogP contribution in [0.1, 0.15) is 36.8 Å². The lowest BCUT2D eigenvalue weighted by atomic mass is 9.72. The molecule has 2 heterocycles. The van der Waals surface area contributed by atoms with Gasteiger partial charge in [-0.05, 0) is 55.7 Å². The molecule has 2 aliphatic rings. The Morgan fingerprint density at radius 1 is 1.22 bits per heavy atom. The van der Waals surface area contributed by atoms with Crippen LogP contribution >= 0.6 is 0 Å². The number of amides is 3. The first kappa shape index (κ1) is 19.7. The Bertz CT molecular complexity index is 696. The minimum absolute atomic E-state index is 0.0262. The van der Waals surface area contributed by atoms with Crippen LogP contribution in [0.5, 0.6) is 0 Å². The third-order valence-corrected chi connectivity index (χ3v) is 6.27. The summed E-state index contributed by atoms with van der Waals surface area (Å²) in [5, 5.41) is 3.06. The van der Waals surface area contributed by atoms with Crippen LogP contribution in [0, 0.1) is 19.3 Å². The maximum absolute atomic E-state index is 12.7. The van der Waals surface area contributed by atoms with Crippen LogP contribution < -0.4 is 5.32 Å². The van der Waals surface area contributed by atoms with Crippen molar-refractivity contribution in [2.24, 2.45) is 5.41 Å². The van der Waals surface area contributed by atoms with Crippen molar-refractivity contribution in [2.45, 2.75) is 39.5 Å². The van der Waals surface area contributed by atoms with E-state index in [2.05, 4.69) is 18.3 Å². The molecule has 0 unspecified atom stereocenters. The second-order valence-corrected chi connectivity index (χ2v) is 7.97. The molecule has 6 heteroatoms. The van der Waals surface area contributed by atoms with Gasteiger partial charge in [-0.3, -0.25) is 4.79 Å². The molecule has 0 aromatic heterocycles. The van der Waals surface area contributed by atoms with E-state index in [0.29, 0.717) is 19.6 Å². The number of anilines is 1. The highest BCUT2D eigenvalue weighted by atomic mass is 16.5. The van der Waals surface area contributed by atoms with Gasteiger partial charge in [-0.25, -0.2) is 4.79 Å². The van der Waals surface area contributed by atoms with Gasteiger partial charge >= 0.3 is 6.03 Å². The van der Waals surface area contributed by atoms with Gasteiger partial charge < -0.3 is 19.9 Å². The summed E-state index contributed by atoms with van der Waals surface area (Å²) in [4.78, 5) is 28.7. The van der Waals surface area contributed by atoms with Crippen molar-refractivity contribution >= 4 is 17.6 Å². The number of hydrogen-bond acceptors (Lipinski definition) is 3. The first-order valence-corrected chi connectivity index (χ1v) is 9.83. The summed E-state index contributed by atoms with van der Waals surface area (Å²) in [6, 6.07) is 5.94. The zero-order chi connectivity index (χ0) is 19.4. The predicted octanol–water partition coefficient (Wildman–Crippen LogP) is 3.19. The standard InChI is InChI=1S/C21H31N3O3/c1-16-5-4-6-18(17(16)2)22-20(26)23-11-9-21(10-12-23)8-7-19(25)24(15-21)13-14-27-3/h4-6H,7-15H2,1-3H3,(H,22,26). The molecule has 0 bridgehead atoms. The van der Waals surface area contributed by atoms with E-state index in [-0.39, 0.29) is 17.4 Å². The minimum atomic E-state index is -0.0262. The van der Waals surface area contributed by atoms with Gasteiger partial charge in [0.25, 0.3) is 0 Å². The normalized spacial score (nSPS) is 19.4. The van der Waals surface area contributed by atoms with E-state index >= 15 is 0 Å². The molecule has 1 aromatic carbocycles. The summed E-state index contributed by atoms with van der Waals surface area (Å²) < 4.78 is 5.14. The lowest BCUT2D eigenvalue weighted by Crippen LogP contribution is -2.53. The van der Waals surface area contributed by atoms with Gasteiger partial charge in [0.2, 0.25) is 5.91 Å². The highest BCUT2D eigenvalue weighted by Gasteiger charge is 2.41. The molecule has 0 atom stereocenters. The summed E-state index contributed by atoms with van der Waals surface area (Å²) in [5.74, 6) is 0.229. The van der Waals surface area contributed by atoms with Gasteiger partial charge in [-0.15, -0.1) is 0 Å². The molecule has 0 saturated carbocycles. The van der Waals surface area contributed by atoms with Crippen molar-refractivity contribution < 1.29 is 14.3 Å². The maximum atomic E-state index is 12.7. The first-order chi connectivity index (χ1) is 12.9. The second-order valence-electron chi connectivity index (χ2n) is 7.97. The van der Waals surface area contributed by atoms with Gasteiger partial charge in [0.1, 0.15) is 0 Å². The number of urea groups is 1. The largest absolute Gasteiger partial charge is 0.383 e. The number of rotatable bonds is 4. The molecule has 3 rings (SSSR count). The summed E-state index contributed by atoms with van der Waals surface area (Å²) in [5.41, 5.74) is 3.32. The van der Waals surface area contributed by atoms with Crippen LogP contribution in [-0.4, -0.2) is 61.6 Å². The van der Waals surface area contributed by atoms with Crippen LogP contribution in [0.25, 0.3) is 0 Å². The smallest absolute Gasteiger partial charge is 0.321 e. The number of nitrogens with one attached hydrogen (secondary N) is 1. The summed E-state index contributed by atoms with van der Waals surface area (Å²) in [6.07, 6.45) is 3.44. The third kappa shape index (κ3) is 4.43. The number of benzene rings is 1. The number of aryl methyl sites for hydroxylation is 1. The zero-order valence-corrected chi connectivity index (χ0v) is 16.7. The molecular weight excluding hydrogens is 342 g/mol. The fourth-order valence-electron chi connectivity index (χ4n) is 4.18. The Labute approximate surface area is 161 Å². The molecule has 27 heavy (non-hydrogen) atoms. The van der Waals surface area contributed by atoms with Crippen LogP contribution in [-0.2, 0) is 9.53 Å². The van der Waals surface area contributed by atoms with Gasteiger partial charge in [-0.2, -0.15) is 0 Å². The van der Waals surface area contributed by atoms with Gasteiger partial charge in [0, 0.05) is 45.4 Å². The molecule has 1 aromatic rings. The molecule has 0 radical (unpaired) electrons. The van der Waals surface area contributed by atoms with E-state index in [1.165, 1.54) is 5.56 Å². The molecule has 6 nitrogen and oxygen atoms in total. The molecule has 2 fully saturated rings. The summed E-state index contributed by atoms with van der Waals surface area (Å²) in [7, 11) is 1.66. The van der Waals surface area contributed by atoms with Crippen LogP contribution in [0.4, 0.5) is 10.5 Å². The molecule has 2 saturated heterocycles. The van der Waals surface area contributed by atoms with Gasteiger partial charge in [0.05, 0.1) is 6.61 Å². The first-order valence-electron chi connectivity index (χ1n) is 9.83. The fraction of sp³-hybridized carbons (Fsp3) is 0.619. The topological polar surface area (TPSA) is 61.9 Å². The van der Waals surface area contributed by atoms with Crippen molar-refractivity contribution in [1.82, 2.24) is 9.80 Å². The Morgan fingerprint density at radius 3 is 2.67 bits per heavy atom. The van der Waals surface area contributed by atoms with Crippen molar-refractivity contribution in [3.8, 4) is 0 Å². The van der Waals surface area contributed by atoms with Gasteiger partial charge in [0.15, 0.2) is 0 Å². The maximum Gasteiger partial charge on any atom is 0.321 e. The van der Waals surface area contributed by atoms with Crippen molar-refractivity contribution in [1.29, 1.82) is 0 Å². The Hall–Kier alpha value is -2.08. The molecule has 0 aliphatic carbocycles. The number of nitrogens with zero attached hydrogens (tertiary/aromatic N) is 2.